The molecule has 0 aromatic carbocycles. The van der Waals surface area contributed by atoms with E-state index in [1.807, 2.05) is 0 Å². The standard InChI is InChI=1S/2Na.O2.H2O/c;;1-2;/h;;;1H2/q2*+1;-2;. The maximum Gasteiger partial charge on any atom is 1.00 e. The van der Waals surface area contributed by atoms with Crippen LogP contribution in [0.25, 0.3) is 0 Å². The Labute approximate surface area is 74.2 Å². The molecule has 22 valence electrons. The summed E-state index contributed by atoms with van der Waals surface area (Å²) in [6, 6.07) is 0. The van der Waals surface area contributed by atoms with Crippen molar-refractivity contribution in [3.63, 3.8) is 0 Å². The molecule has 3 nitrogen and oxygen atoms in total. The van der Waals surface area contributed by atoms with E-state index in [1.54, 1.807) is 0 Å². The largest absolute Gasteiger partial charge is 1.00 e. The second kappa shape index (κ2) is 39.6. The molecule has 0 aliphatic rings. The van der Waals surface area contributed by atoms with Gasteiger partial charge in [-0.05, 0) is 0 Å². The summed E-state index contributed by atoms with van der Waals surface area (Å²) < 4.78 is 0. The van der Waals surface area contributed by atoms with Crippen LogP contribution >= 0.6 is 0 Å². The molecular weight excluding hydrogens is 94.0 g/mol. The van der Waals surface area contributed by atoms with E-state index in [0.29, 0.717) is 0 Å². The van der Waals surface area contributed by atoms with Gasteiger partial charge < -0.3 is 16.0 Å². The fourth-order valence-electron chi connectivity index (χ4n) is 0. The molecule has 0 aliphatic carbocycles. The van der Waals surface area contributed by atoms with Crippen molar-refractivity contribution in [3.8, 4) is 0 Å². The second-order valence-corrected chi connectivity index (χ2v) is 0. The predicted molar refractivity (Wildman–Crippen MR) is 3.61 cm³/mol. The predicted octanol–water partition coefficient (Wildman–Crippen LogP) is -9.19. The van der Waals surface area contributed by atoms with Crippen LogP contribution in [0.2, 0.25) is 0 Å². The Morgan fingerprint density at radius 3 is 0.800 bits per heavy atom. The molecule has 0 fully saturated rings. The van der Waals surface area contributed by atoms with Crippen molar-refractivity contribution in [3.05, 3.63) is 0 Å². The van der Waals surface area contributed by atoms with Crippen molar-refractivity contribution in [1.29, 1.82) is 0 Å². The third kappa shape index (κ3) is 25.0. The molecule has 5 heavy (non-hydrogen) atoms. The first kappa shape index (κ1) is 28.7. The molecular formula is H2Na2O3. The zero-order valence-electron chi connectivity index (χ0n) is 3.32. The first-order valence-corrected chi connectivity index (χ1v) is 0.167. The van der Waals surface area contributed by atoms with Crippen molar-refractivity contribution in [1.82, 2.24) is 0 Å². The van der Waals surface area contributed by atoms with E-state index in [1.165, 1.54) is 0 Å². The zero-order valence-corrected chi connectivity index (χ0v) is 7.32. The summed E-state index contributed by atoms with van der Waals surface area (Å²) in [6.45, 7) is 0. The Morgan fingerprint density at radius 1 is 0.800 bits per heavy atom. The number of hydrogen-bond acceptors (Lipinski definition) is 2. The minimum absolute atomic E-state index is 0. The Balaban J connectivity index is -0.00000000167. The minimum Gasteiger partial charge on any atom is -1.00 e. The van der Waals surface area contributed by atoms with Crippen molar-refractivity contribution >= 4 is 0 Å². The molecule has 0 saturated carbocycles. The summed E-state index contributed by atoms with van der Waals surface area (Å²) in [5.41, 5.74) is 0. The van der Waals surface area contributed by atoms with Crippen LogP contribution in [0.1, 0.15) is 0 Å². The van der Waals surface area contributed by atoms with Gasteiger partial charge in [0.05, 0.1) is 0 Å². The van der Waals surface area contributed by atoms with Gasteiger partial charge in [0.2, 0.25) is 0 Å². The molecule has 0 bridgehead atoms. The van der Waals surface area contributed by atoms with Crippen LogP contribution in [-0.2, 0) is 0 Å². The van der Waals surface area contributed by atoms with Gasteiger partial charge in [-0.15, -0.1) is 0 Å². The molecule has 0 aliphatic heterocycles. The van der Waals surface area contributed by atoms with E-state index in [4.69, 9.17) is 10.5 Å². The molecule has 0 rings (SSSR count). The molecule has 0 amide bonds. The number of rotatable bonds is 0. The molecule has 0 saturated heterocycles. The summed E-state index contributed by atoms with van der Waals surface area (Å²) in [6.07, 6.45) is 0. The fourth-order valence-corrected chi connectivity index (χ4v) is 0. The molecule has 0 heterocycles. The summed E-state index contributed by atoms with van der Waals surface area (Å²) in [5, 5.41) is 14.0. The van der Waals surface area contributed by atoms with E-state index in [0.717, 1.165) is 0 Å². The summed E-state index contributed by atoms with van der Waals surface area (Å²) in [4.78, 5) is 0. The average Bonchev–Trinajstić information content (AvgIpc) is 1.00. The molecule has 0 radical (unpaired) electrons. The van der Waals surface area contributed by atoms with Gasteiger partial charge in [0, 0.05) is 0 Å². The van der Waals surface area contributed by atoms with Gasteiger partial charge in [0.25, 0.3) is 0 Å². The van der Waals surface area contributed by atoms with Crippen LogP contribution in [0.5, 0.6) is 0 Å². The van der Waals surface area contributed by atoms with Crippen LogP contribution in [0.15, 0.2) is 0 Å². The van der Waals surface area contributed by atoms with E-state index in [-0.39, 0.29) is 64.6 Å². The quantitative estimate of drug-likeness (QED) is 0.170. The van der Waals surface area contributed by atoms with Gasteiger partial charge in [-0.1, -0.05) is 0 Å². The molecule has 0 atom stereocenters. The fraction of sp³-hybridized carbons (Fsp3) is 0. The first-order valence-electron chi connectivity index (χ1n) is 0.167. The molecule has 0 aromatic rings. The van der Waals surface area contributed by atoms with Gasteiger partial charge in [-0.25, -0.2) is 0 Å². The smallest absolute Gasteiger partial charge is 1.00 e. The van der Waals surface area contributed by atoms with Crippen molar-refractivity contribution in [2.24, 2.45) is 0 Å². The van der Waals surface area contributed by atoms with Gasteiger partial charge in [0.15, 0.2) is 0 Å². The summed E-state index contributed by atoms with van der Waals surface area (Å²) in [7, 11) is 0. The molecule has 2 N–H and O–H groups in total. The monoisotopic (exact) mass is 96.0 g/mol. The Morgan fingerprint density at radius 2 is 0.800 bits per heavy atom. The molecule has 0 unspecified atom stereocenters. The van der Waals surface area contributed by atoms with Crippen LogP contribution in [0, 0.1) is 0 Å². The number of hydrogen-bond donors (Lipinski definition) is 0. The van der Waals surface area contributed by atoms with Crippen LogP contribution in [0.3, 0.4) is 0 Å². The minimum atomic E-state index is 0. The maximum atomic E-state index is 7.00. The first-order chi connectivity index (χ1) is 1.00. The summed E-state index contributed by atoms with van der Waals surface area (Å²) >= 11 is 0. The van der Waals surface area contributed by atoms with Crippen molar-refractivity contribution < 1.29 is 75.1 Å². The Kier molecular flexibility index (Phi) is 227. The van der Waals surface area contributed by atoms with E-state index >= 15 is 0 Å². The van der Waals surface area contributed by atoms with Crippen molar-refractivity contribution in [2.45, 2.75) is 0 Å². The molecule has 0 spiro atoms. The van der Waals surface area contributed by atoms with E-state index < -0.39 is 0 Å². The van der Waals surface area contributed by atoms with Gasteiger partial charge in [-0.3, -0.25) is 0 Å². The second-order valence-electron chi connectivity index (χ2n) is 0. The normalized spacial score (nSPS) is 1.20. The van der Waals surface area contributed by atoms with E-state index in [2.05, 4.69) is 0 Å². The topological polar surface area (TPSA) is 77.6 Å². The Bertz CT molecular complexity index is 4.85. The van der Waals surface area contributed by atoms with Crippen LogP contribution in [0.4, 0.5) is 0 Å². The zero-order chi connectivity index (χ0) is 2.00. The molecule has 5 heteroatoms. The SMILES string of the molecule is O.[Na+].[Na+].[O-][O-]. The third-order valence-corrected chi connectivity index (χ3v) is 0. The average molecular weight is 96.0 g/mol. The third-order valence-electron chi connectivity index (χ3n) is 0. The van der Waals surface area contributed by atoms with E-state index in [9.17, 15) is 0 Å². The Hall–Kier alpha value is 1.88. The van der Waals surface area contributed by atoms with Crippen molar-refractivity contribution in [2.75, 3.05) is 0 Å². The van der Waals surface area contributed by atoms with Crippen LogP contribution in [-0.4, -0.2) is 5.48 Å². The summed E-state index contributed by atoms with van der Waals surface area (Å²) in [5.74, 6) is 0. The maximum absolute atomic E-state index is 7.00. The van der Waals surface area contributed by atoms with Gasteiger partial charge in [-0.2, -0.15) is 0 Å². The van der Waals surface area contributed by atoms with Gasteiger partial charge >= 0.3 is 59.1 Å². The van der Waals surface area contributed by atoms with Gasteiger partial charge in [0.1, 0.15) is 0 Å². The van der Waals surface area contributed by atoms with Crippen LogP contribution < -0.4 is 69.6 Å². The molecule has 0 aromatic heterocycles.